The first-order chi connectivity index (χ1) is 6.81. The van der Waals surface area contributed by atoms with Crippen molar-refractivity contribution in [2.45, 2.75) is 19.8 Å². The fraction of sp³-hybridized carbons (Fsp3) is 0.385. The van der Waals surface area contributed by atoms with Gasteiger partial charge in [0, 0.05) is 24.3 Å². The van der Waals surface area contributed by atoms with E-state index < -0.39 is 0 Å². The number of anilines is 1. The van der Waals surface area contributed by atoms with Gasteiger partial charge in [0.05, 0.1) is 0 Å². The molecular weight excluding hydrogens is 170 g/mol. The first kappa shape index (κ1) is 9.15. The zero-order valence-electron chi connectivity index (χ0n) is 8.59. The maximum atomic E-state index is 5.39. The van der Waals surface area contributed by atoms with Crippen molar-refractivity contribution in [1.82, 2.24) is 0 Å². The highest BCUT2D eigenvalue weighted by atomic mass is 15.1. The summed E-state index contributed by atoms with van der Waals surface area (Å²) in [5.74, 6) is 2.69. The van der Waals surface area contributed by atoms with E-state index >= 15 is 0 Å². The van der Waals surface area contributed by atoms with Gasteiger partial charge in [-0.1, -0.05) is 5.92 Å². The van der Waals surface area contributed by atoms with Gasteiger partial charge < -0.3 is 4.90 Å². The molecular formula is C13H15N. The normalized spacial score (nSPS) is 15.6. The van der Waals surface area contributed by atoms with E-state index in [-0.39, 0.29) is 0 Å². The summed E-state index contributed by atoms with van der Waals surface area (Å²) in [6, 6.07) is 6.37. The quantitative estimate of drug-likeness (QED) is 0.608. The molecule has 0 saturated carbocycles. The fourth-order valence-corrected chi connectivity index (χ4v) is 1.98. The Morgan fingerprint density at radius 2 is 2.00 bits per heavy atom. The van der Waals surface area contributed by atoms with Gasteiger partial charge in [0.15, 0.2) is 0 Å². The minimum absolute atomic E-state index is 1.01. The smallest absolute Gasteiger partial charge is 0.0369 e. The van der Waals surface area contributed by atoms with Crippen molar-refractivity contribution < 1.29 is 0 Å². The van der Waals surface area contributed by atoms with Crippen LogP contribution in [0.2, 0.25) is 0 Å². The molecule has 0 atom stereocenters. The Bertz CT molecular complexity index is 367. The summed E-state index contributed by atoms with van der Waals surface area (Å²) in [6.45, 7) is 4.46. The number of hydrogen-bond acceptors (Lipinski definition) is 1. The molecule has 0 unspecified atom stereocenters. The second-order valence-corrected chi connectivity index (χ2v) is 3.84. The number of benzene rings is 1. The molecule has 1 aliphatic rings. The summed E-state index contributed by atoms with van der Waals surface area (Å²) in [6.07, 6.45) is 8.02. The summed E-state index contributed by atoms with van der Waals surface area (Å²) in [4.78, 5) is 2.42. The van der Waals surface area contributed by atoms with E-state index in [2.05, 4.69) is 29.9 Å². The summed E-state index contributed by atoms with van der Waals surface area (Å²) in [7, 11) is 0. The molecule has 1 fully saturated rings. The van der Waals surface area contributed by atoms with Gasteiger partial charge in [-0.25, -0.2) is 0 Å². The Morgan fingerprint density at radius 3 is 2.57 bits per heavy atom. The molecule has 14 heavy (non-hydrogen) atoms. The fourth-order valence-electron chi connectivity index (χ4n) is 1.98. The van der Waals surface area contributed by atoms with Crippen LogP contribution in [0.5, 0.6) is 0 Å². The van der Waals surface area contributed by atoms with E-state index in [1.54, 1.807) is 0 Å². The Labute approximate surface area is 85.7 Å². The highest BCUT2D eigenvalue weighted by molar-refractivity contribution is 5.54. The predicted molar refractivity (Wildman–Crippen MR) is 60.6 cm³/mol. The third kappa shape index (κ3) is 1.61. The third-order valence-electron chi connectivity index (χ3n) is 2.84. The Balaban J connectivity index is 2.28. The highest BCUT2D eigenvalue weighted by Crippen LogP contribution is 2.22. The summed E-state index contributed by atoms with van der Waals surface area (Å²) in [5.41, 5.74) is 3.53. The van der Waals surface area contributed by atoms with Crippen LogP contribution in [0.25, 0.3) is 0 Å². The molecule has 0 aromatic heterocycles. The second kappa shape index (κ2) is 3.75. The Hall–Kier alpha value is -1.42. The molecule has 1 heterocycles. The SMILES string of the molecule is C#Cc1ccc(N2CCCC2)cc1C. The standard InChI is InChI=1S/C13H15N/c1-3-12-6-7-13(10-11(12)2)14-8-4-5-9-14/h1,6-7,10H,4-5,8-9H2,2H3. The molecule has 0 spiro atoms. The van der Waals surface area contributed by atoms with Crippen molar-refractivity contribution in [2.75, 3.05) is 18.0 Å². The van der Waals surface area contributed by atoms with Crippen LogP contribution in [-0.2, 0) is 0 Å². The molecule has 1 saturated heterocycles. The maximum Gasteiger partial charge on any atom is 0.0369 e. The number of aryl methyl sites for hydroxylation is 1. The first-order valence-electron chi connectivity index (χ1n) is 5.13. The Morgan fingerprint density at radius 1 is 1.29 bits per heavy atom. The van der Waals surface area contributed by atoms with Crippen molar-refractivity contribution in [2.24, 2.45) is 0 Å². The molecule has 2 rings (SSSR count). The van der Waals surface area contributed by atoms with Crippen LogP contribution < -0.4 is 4.90 Å². The summed E-state index contributed by atoms with van der Waals surface area (Å²) >= 11 is 0. The van der Waals surface area contributed by atoms with Gasteiger partial charge in [-0.3, -0.25) is 0 Å². The van der Waals surface area contributed by atoms with Crippen molar-refractivity contribution in [3.8, 4) is 12.3 Å². The van der Waals surface area contributed by atoms with Gasteiger partial charge >= 0.3 is 0 Å². The average molecular weight is 185 g/mol. The molecule has 0 amide bonds. The van der Waals surface area contributed by atoms with Crippen molar-refractivity contribution in [1.29, 1.82) is 0 Å². The van der Waals surface area contributed by atoms with Crippen LogP contribution in [0.4, 0.5) is 5.69 Å². The molecule has 0 bridgehead atoms. The van der Waals surface area contributed by atoms with E-state index in [9.17, 15) is 0 Å². The van der Waals surface area contributed by atoms with Crippen LogP contribution in [0.15, 0.2) is 18.2 Å². The first-order valence-corrected chi connectivity index (χ1v) is 5.13. The van der Waals surface area contributed by atoms with Gasteiger partial charge in [0.1, 0.15) is 0 Å². The molecule has 1 nitrogen and oxygen atoms in total. The van der Waals surface area contributed by atoms with Crippen LogP contribution in [0, 0.1) is 19.3 Å². The maximum absolute atomic E-state index is 5.39. The lowest BCUT2D eigenvalue weighted by Gasteiger charge is -2.18. The molecule has 1 aromatic carbocycles. The molecule has 1 heteroatoms. The average Bonchev–Trinajstić information content (AvgIpc) is 2.70. The summed E-state index contributed by atoms with van der Waals surface area (Å²) < 4.78 is 0. The lowest BCUT2D eigenvalue weighted by atomic mass is 10.1. The van der Waals surface area contributed by atoms with E-state index in [0.29, 0.717) is 0 Å². The van der Waals surface area contributed by atoms with Crippen LogP contribution >= 0.6 is 0 Å². The van der Waals surface area contributed by atoms with Crippen molar-refractivity contribution >= 4 is 5.69 Å². The highest BCUT2D eigenvalue weighted by Gasteiger charge is 2.12. The van der Waals surface area contributed by atoms with Gasteiger partial charge in [-0.2, -0.15) is 0 Å². The van der Waals surface area contributed by atoms with Crippen LogP contribution in [-0.4, -0.2) is 13.1 Å². The van der Waals surface area contributed by atoms with E-state index in [4.69, 9.17) is 6.42 Å². The van der Waals surface area contributed by atoms with Crippen molar-refractivity contribution in [3.05, 3.63) is 29.3 Å². The molecule has 1 aliphatic heterocycles. The van der Waals surface area contributed by atoms with Gasteiger partial charge in [0.2, 0.25) is 0 Å². The monoisotopic (exact) mass is 185 g/mol. The van der Waals surface area contributed by atoms with E-state index in [1.807, 2.05) is 6.07 Å². The zero-order chi connectivity index (χ0) is 9.97. The van der Waals surface area contributed by atoms with Gasteiger partial charge in [-0.05, 0) is 43.5 Å². The van der Waals surface area contributed by atoms with E-state index in [0.717, 1.165) is 5.56 Å². The largest absolute Gasteiger partial charge is 0.372 e. The zero-order valence-corrected chi connectivity index (χ0v) is 8.59. The molecule has 0 N–H and O–H groups in total. The molecule has 1 aromatic rings. The minimum Gasteiger partial charge on any atom is -0.372 e. The van der Waals surface area contributed by atoms with Crippen LogP contribution in [0.3, 0.4) is 0 Å². The second-order valence-electron chi connectivity index (χ2n) is 3.84. The number of hydrogen-bond donors (Lipinski definition) is 0. The lowest BCUT2D eigenvalue weighted by Crippen LogP contribution is -2.17. The lowest BCUT2D eigenvalue weighted by molar-refractivity contribution is 0.949. The summed E-state index contributed by atoms with van der Waals surface area (Å²) in [5, 5.41) is 0. The topological polar surface area (TPSA) is 3.24 Å². The minimum atomic E-state index is 1.01. The number of rotatable bonds is 1. The Kier molecular flexibility index (Phi) is 2.45. The third-order valence-corrected chi connectivity index (χ3v) is 2.84. The molecule has 0 aliphatic carbocycles. The molecule has 0 radical (unpaired) electrons. The van der Waals surface area contributed by atoms with Crippen LogP contribution in [0.1, 0.15) is 24.0 Å². The van der Waals surface area contributed by atoms with Gasteiger partial charge in [0.25, 0.3) is 0 Å². The van der Waals surface area contributed by atoms with Crippen molar-refractivity contribution in [3.63, 3.8) is 0 Å². The van der Waals surface area contributed by atoms with E-state index in [1.165, 1.54) is 37.2 Å². The number of terminal acetylenes is 1. The predicted octanol–water partition coefficient (Wildman–Crippen LogP) is 2.58. The van der Waals surface area contributed by atoms with Gasteiger partial charge in [-0.15, -0.1) is 6.42 Å². The number of nitrogens with zero attached hydrogens (tertiary/aromatic N) is 1. The molecule has 72 valence electrons.